The minimum Gasteiger partial charge on any atom is -0.469 e. The highest BCUT2D eigenvalue weighted by Crippen LogP contribution is 2.64. The third-order valence-corrected chi connectivity index (χ3v) is 36.3. The highest BCUT2D eigenvalue weighted by atomic mass is 16.6. The van der Waals surface area contributed by atoms with Crippen LogP contribution in [0.1, 0.15) is 526 Å². The molecule has 22 nitrogen and oxygen atoms in total. The summed E-state index contributed by atoms with van der Waals surface area (Å²) in [6.45, 7) is 47.0. The van der Waals surface area contributed by atoms with Gasteiger partial charge in [-0.1, -0.05) is 179 Å². The summed E-state index contributed by atoms with van der Waals surface area (Å²) in [5, 5.41) is 21.3. The number of carbonyl (C=O) groups is 10. The summed E-state index contributed by atoms with van der Waals surface area (Å²) in [5.41, 5.74) is -4.32. The molecule has 22 heteroatoms. The molecule has 14 bridgehead atoms. The Kier molecular flexibility index (Phi) is 60.4. The number of carbonyl (C=O) groups excluding carboxylic acids is 10. The van der Waals surface area contributed by atoms with Crippen molar-refractivity contribution in [3.05, 3.63) is 0 Å². The van der Waals surface area contributed by atoms with E-state index in [4.69, 9.17) is 37.9 Å². The van der Waals surface area contributed by atoms with Crippen molar-refractivity contribution >= 4 is 59.7 Å². The summed E-state index contributed by atoms with van der Waals surface area (Å²) in [4.78, 5) is 117. The Balaban J connectivity index is -0.000000368. The van der Waals surface area contributed by atoms with Crippen LogP contribution >= 0.6 is 0 Å². The number of methoxy groups -OCH3 is 2. The second-order valence-electron chi connectivity index (χ2n) is 48.5. The highest BCUT2D eigenvalue weighted by molar-refractivity contribution is 5.81. The van der Waals surface area contributed by atoms with Gasteiger partial charge in [0.25, 0.3) is 0 Å². The Morgan fingerprint density at radius 1 is 0.371 bits per heavy atom. The molecule has 3 aliphatic heterocycles. The molecule has 19 fully saturated rings. The first-order valence-corrected chi connectivity index (χ1v) is 51.3. The third kappa shape index (κ3) is 34.8. The first-order valence-electron chi connectivity index (χ1n) is 51.3. The maximum Gasteiger partial charge on any atom is 0.312 e. The Labute approximate surface area is 880 Å². The van der Waals surface area contributed by atoms with Crippen LogP contribution in [0.2, 0.25) is 0 Å². The van der Waals surface area contributed by atoms with Crippen molar-refractivity contribution in [2.45, 2.75) is 566 Å². The zero-order chi connectivity index (χ0) is 96.0. The Hall–Kier alpha value is -5.38. The maximum absolute atomic E-state index is 12.4. The van der Waals surface area contributed by atoms with E-state index in [0.717, 1.165) is 185 Å². The molecule has 143 heavy (non-hydrogen) atoms. The Bertz CT molecular complexity index is 3660. The largest absolute Gasteiger partial charge is 0.469 e. The third-order valence-electron chi connectivity index (χ3n) is 36.3. The average Bonchev–Trinajstić information content (AvgIpc) is 1.67. The van der Waals surface area contributed by atoms with E-state index in [9.17, 15) is 58.2 Å². The second-order valence-corrected chi connectivity index (χ2v) is 48.5. The van der Waals surface area contributed by atoms with Crippen molar-refractivity contribution in [3.63, 3.8) is 0 Å². The topological polar surface area (TPSA) is 303 Å². The van der Waals surface area contributed by atoms with E-state index in [1.54, 1.807) is 0 Å². The smallest absolute Gasteiger partial charge is 0.312 e. The summed E-state index contributed by atoms with van der Waals surface area (Å²) in [6, 6.07) is 0. The standard InChI is InChI=1S/2C16H26O3.C15H22O4.2C13H24O2.2C10H14O2.2C7H14O2.14CH4/c2*1-4-14(2,3)13(17)19-16-8-11-5-12(9-16)7-15(18,6-11)10-16;1-4-15(2,3)14(17)18-7-10-8-5-9-11(6-8)19-13(16)12(9)10;2*1-5-12(3,4)11(14)15-13(6-2)9-7-8-10-13;11-9-5-10(6-12-9)4-7-1-2-8(10)3-7;11-9-10(3-4-12-9)6-7-1-2-8(10)5-7;2*1-5-7(2,3)6(8)9-4;;;;;;;;;;;;;;/h2*11-12,18H,4-10H2,1-3H3;8-12H,4-7H2,1-3H3;2*5-10H2,1-4H3;2*7-8H,1-6H2;2*5H2,1-4H3;14*1H4. The van der Waals surface area contributed by atoms with E-state index < -0.39 is 27.4 Å². The van der Waals surface area contributed by atoms with Gasteiger partial charge in [0.1, 0.15) is 28.5 Å². The summed E-state index contributed by atoms with van der Waals surface area (Å²) in [6.07, 6.45) is 42.3. The van der Waals surface area contributed by atoms with Crippen molar-refractivity contribution in [1.29, 1.82) is 0 Å². The lowest BCUT2D eigenvalue weighted by Gasteiger charge is -2.59. The van der Waals surface area contributed by atoms with Gasteiger partial charge in [0.2, 0.25) is 0 Å². The normalized spacial score (nSPS) is 31.2. The van der Waals surface area contributed by atoms with Crippen LogP contribution in [-0.2, 0) is 95.3 Å². The monoisotopic (exact) mass is 2040 g/mol. The van der Waals surface area contributed by atoms with Gasteiger partial charge in [-0.2, -0.15) is 0 Å². The number of hydrogen-bond acceptors (Lipinski definition) is 22. The molecule has 15 atom stereocenters. The lowest BCUT2D eigenvalue weighted by Crippen LogP contribution is -2.61. The molecule has 3 heterocycles. The van der Waals surface area contributed by atoms with Crippen LogP contribution in [0.3, 0.4) is 0 Å². The Morgan fingerprint density at radius 2 is 0.706 bits per heavy atom. The second kappa shape index (κ2) is 58.3. The number of cyclic esters (lactones) is 2. The minimum atomic E-state index is -0.555. The molecule has 3 saturated heterocycles. The quantitative estimate of drug-likeness (QED) is 0.0751. The highest BCUT2D eigenvalue weighted by Gasteiger charge is 2.65. The molecule has 16 saturated carbocycles. The van der Waals surface area contributed by atoms with Gasteiger partial charge in [-0.25, -0.2) is 0 Å². The molecular weight excluding hydrogens is 1810 g/mol. The SMILES string of the molecule is C.C.C.C.C.C.C.C.C.C.C.C.C.C.CCC(C)(C)C(=O)OC.CCC(C)(C)C(=O)OC.CCC(C)(C)C(=O)OC12CC3CC(CC(O)(C3)C1)C2.CCC(C)(C)C(=O)OC12CC3CC(CC(O)(C3)C1)C2.CCC(C)(C)C(=O)OCC1C2CC3OC(=O)C1C3C2.CCC1(OC(=O)C(C)(C)CC)CCCC1.CCC1(OC(=O)C(C)(C)CC)CCCC1.O=C1CC2(CO1)CC1CCC2C1.O=C1OCCC12CC1CCC2C1. The van der Waals surface area contributed by atoms with Crippen molar-refractivity contribution in [2.24, 2.45) is 120 Å². The van der Waals surface area contributed by atoms with Crippen LogP contribution in [0, 0.1) is 120 Å². The fourth-order valence-electron chi connectivity index (χ4n) is 25.4. The summed E-state index contributed by atoms with van der Waals surface area (Å²) < 4.78 is 53.7. The summed E-state index contributed by atoms with van der Waals surface area (Å²) in [7, 11) is 2.83. The molecule has 0 aromatic carbocycles. The predicted molar refractivity (Wildman–Crippen MR) is 590 cm³/mol. The van der Waals surface area contributed by atoms with Crippen molar-refractivity contribution in [2.75, 3.05) is 34.0 Å². The molecule has 2 N–H and O–H groups in total. The molecule has 19 rings (SSSR count). The Morgan fingerprint density at radius 3 is 0.979 bits per heavy atom. The molecule has 19 aliphatic rings. The van der Waals surface area contributed by atoms with E-state index >= 15 is 0 Å². The number of aliphatic hydroxyl groups is 2. The van der Waals surface area contributed by atoms with Gasteiger partial charge in [-0.15, -0.1) is 0 Å². The van der Waals surface area contributed by atoms with Crippen LogP contribution in [0.4, 0.5) is 0 Å². The zero-order valence-corrected chi connectivity index (χ0v) is 85.2. The summed E-state index contributed by atoms with van der Waals surface area (Å²) in [5.74, 6) is 6.04. The van der Waals surface area contributed by atoms with Gasteiger partial charge in [-0.05, 0) is 381 Å². The number of ether oxygens (including phenoxy) is 10. The van der Waals surface area contributed by atoms with E-state index in [-0.39, 0.29) is 231 Å². The first-order chi connectivity index (χ1) is 60.0. The number of hydrogen-bond donors (Lipinski definition) is 2. The van der Waals surface area contributed by atoms with Crippen LogP contribution in [-0.4, -0.2) is 144 Å². The molecular formula is C121H234O22. The molecule has 2 spiro atoms. The van der Waals surface area contributed by atoms with Gasteiger partial charge < -0.3 is 57.6 Å². The van der Waals surface area contributed by atoms with E-state index in [1.165, 1.54) is 97.7 Å². The minimum absolute atomic E-state index is 0. The predicted octanol–water partition coefficient (Wildman–Crippen LogP) is 31.2. The van der Waals surface area contributed by atoms with Crippen molar-refractivity contribution < 1.29 is 106 Å². The molecule has 0 aromatic rings. The van der Waals surface area contributed by atoms with Gasteiger partial charge in [0.15, 0.2) is 0 Å². The fourth-order valence-corrected chi connectivity index (χ4v) is 25.4. The lowest BCUT2D eigenvalue weighted by molar-refractivity contribution is -0.226. The number of esters is 10. The fraction of sp³-hybridized carbons (Fsp3) is 0.917. The van der Waals surface area contributed by atoms with Crippen molar-refractivity contribution in [3.8, 4) is 0 Å². The summed E-state index contributed by atoms with van der Waals surface area (Å²) >= 11 is 0. The van der Waals surface area contributed by atoms with Crippen LogP contribution in [0.5, 0.6) is 0 Å². The first kappa shape index (κ1) is 148. The lowest BCUT2D eigenvalue weighted by atomic mass is 9.52. The van der Waals surface area contributed by atoms with E-state index in [0.29, 0.717) is 79.3 Å². The molecule has 850 valence electrons. The zero-order valence-electron chi connectivity index (χ0n) is 85.2. The van der Waals surface area contributed by atoms with Gasteiger partial charge in [-0.3, -0.25) is 47.9 Å². The van der Waals surface area contributed by atoms with E-state index in [2.05, 4.69) is 23.3 Å². The molecule has 16 aliphatic carbocycles. The van der Waals surface area contributed by atoms with Gasteiger partial charge in [0, 0.05) is 30.1 Å². The molecule has 15 unspecified atom stereocenters. The van der Waals surface area contributed by atoms with Gasteiger partial charge in [0.05, 0.1) is 101 Å². The maximum atomic E-state index is 12.4. The number of rotatable bonds is 22. The molecule has 0 radical (unpaired) electrons. The number of fused-ring (bicyclic) bond motifs is 7. The van der Waals surface area contributed by atoms with E-state index in [1.807, 2.05) is 145 Å². The molecule has 0 aromatic heterocycles. The molecule has 0 amide bonds. The average molecular weight is 2040 g/mol. The van der Waals surface area contributed by atoms with Crippen molar-refractivity contribution in [1.82, 2.24) is 0 Å². The van der Waals surface area contributed by atoms with Crippen LogP contribution < -0.4 is 0 Å². The van der Waals surface area contributed by atoms with Crippen LogP contribution in [0.15, 0.2) is 0 Å². The van der Waals surface area contributed by atoms with Gasteiger partial charge >= 0.3 is 59.7 Å². The van der Waals surface area contributed by atoms with Crippen LogP contribution in [0.25, 0.3) is 0 Å².